The molecular weight excluding hydrogens is 306 g/mol. The van der Waals surface area contributed by atoms with Crippen LogP contribution in [0.15, 0.2) is 34.7 Å². The third kappa shape index (κ3) is 4.96. The second kappa shape index (κ2) is 7.74. The fraction of sp³-hybridized carbons (Fsp3) is 0.429. The molecule has 2 aromatic heterocycles. The molecule has 7 heteroatoms. The van der Waals surface area contributed by atoms with E-state index in [4.69, 9.17) is 0 Å². The average Bonchev–Trinajstić information content (AvgIpc) is 3.10. The Morgan fingerprint density at radius 3 is 2.90 bits per heavy atom. The van der Waals surface area contributed by atoms with Crippen molar-refractivity contribution in [3.63, 3.8) is 0 Å². The number of rotatable bonds is 9. The van der Waals surface area contributed by atoms with E-state index < -0.39 is 10.0 Å². The molecule has 2 heterocycles. The average molecular weight is 327 g/mol. The van der Waals surface area contributed by atoms with Crippen molar-refractivity contribution in [3.8, 4) is 0 Å². The maximum Gasteiger partial charge on any atom is 0.242 e. The Labute approximate surface area is 129 Å². The molecule has 0 amide bonds. The van der Waals surface area contributed by atoms with Crippen LogP contribution in [0.2, 0.25) is 0 Å². The van der Waals surface area contributed by atoms with Gasteiger partial charge in [-0.2, -0.15) is 0 Å². The standard InChI is InChI=1S/C14H21N3O2S2/c1-2-6-15-10-12-9-14(11-16-12)21(18,19)17-7-5-13-4-3-8-20-13/h3-4,8-9,11,15-17H,2,5-7,10H2,1H3. The van der Waals surface area contributed by atoms with E-state index in [0.29, 0.717) is 24.4 Å². The van der Waals surface area contributed by atoms with Gasteiger partial charge in [0.2, 0.25) is 10.0 Å². The molecule has 3 N–H and O–H groups in total. The summed E-state index contributed by atoms with van der Waals surface area (Å²) in [5.74, 6) is 0. The summed E-state index contributed by atoms with van der Waals surface area (Å²) < 4.78 is 26.9. The summed E-state index contributed by atoms with van der Waals surface area (Å²) in [6.07, 6.45) is 3.30. The molecule has 0 unspecified atom stereocenters. The van der Waals surface area contributed by atoms with Gasteiger partial charge in [-0.1, -0.05) is 13.0 Å². The highest BCUT2D eigenvalue weighted by molar-refractivity contribution is 7.89. The predicted octanol–water partition coefficient (Wildman–Crippen LogP) is 2.10. The summed E-state index contributed by atoms with van der Waals surface area (Å²) in [4.78, 5) is 4.47. The van der Waals surface area contributed by atoms with Gasteiger partial charge in [0.15, 0.2) is 0 Å². The van der Waals surface area contributed by atoms with Crippen LogP contribution in [-0.2, 0) is 23.0 Å². The van der Waals surface area contributed by atoms with Gasteiger partial charge in [0.1, 0.15) is 0 Å². The molecule has 0 atom stereocenters. The lowest BCUT2D eigenvalue weighted by atomic mass is 10.3. The molecule has 0 aromatic carbocycles. The van der Waals surface area contributed by atoms with E-state index in [1.165, 1.54) is 11.1 Å². The van der Waals surface area contributed by atoms with Crippen molar-refractivity contribution in [2.45, 2.75) is 31.2 Å². The summed E-state index contributed by atoms with van der Waals surface area (Å²) in [5, 5.41) is 5.22. The van der Waals surface area contributed by atoms with Gasteiger partial charge in [-0.25, -0.2) is 13.1 Å². The highest BCUT2D eigenvalue weighted by atomic mass is 32.2. The van der Waals surface area contributed by atoms with Crippen LogP contribution in [0.4, 0.5) is 0 Å². The molecule has 0 saturated heterocycles. The summed E-state index contributed by atoms with van der Waals surface area (Å²) in [6.45, 7) is 4.07. The van der Waals surface area contributed by atoms with Gasteiger partial charge in [-0.05, 0) is 36.9 Å². The number of H-pyrrole nitrogens is 1. The van der Waals surface area contributed by atoms with Crippen LogP contribution in [0.3, 0.4) is 0 Å². The zero-order valence-electron chi connectivity index (χ0n) is 12.1. The van der Waals surface area contributed by atoms with Crippen LogP contribution in [0.1, 0.15) is 23.9 Å². The summed E-state index contributed by atoms with van der Waals surface area (Å²) in [5.41, 5.74) is 0.877. The van der Waals surface area contributed by atoms with E-state index in [1.54, 1.807) is 17.4 Å². The van der Waals surface area contributed by atoms with Crippen molar-refractivity contribution < 1.29 is 8.42 Å². The zero-order valence-corrected chi connectivity index (χ0v) is 13.7. The van der Waals surface area contributed by atoms with Gasteiger partial charge in [0.25, 0.3) is 0 Å². The predicted molar refractivity (Wildman–Crippen MR) is 86.0 cm³/mol. The van der Waals surface area contributed by atoms with Crippen LogP contribution in [0, 0.1) is 0 Å². The van der Waals surface area contributed by atoms with E-state index in [1.807, 2.05) is 17.5 Å². The lowest BCUT2D eigenvalue weighted by Crippen LogP contribution is -2.25. The minimum absolute atomic E-state index is 0.293. The first kappa shape index (κ1) is 16.2. The fourth-order valence-corrected chi connectivity index (χ4v) is 3.68. The lowest BCUT2D eigenvalue weighted by molar-refractivity contribution is 0.582. The minimum atomic E-state index is -3.43. The number of sulfonamides is 1. The molecule has 2 aromatic rings. The van der Waals surface area contributed by atoms with Crippen LogP contribution in [0.5, 0.6) is 0 Å². The van der Waals surface area contributed by atoms with E-state index in [2.05, 4.69) is 21.9 Å². The van der Waals surface area contributed by atoms with Crippen molar-refractivity contribution >= 4 is 21.4 Å². The Balaban J connectivity index is 1.86. The molecule has 0 saturated carbocycles. The van der Waals surface area contributed by atoms with E-state index in [0.717, 1.165) is 18.7 Å². The maximum absolute atomic E-state index is 12.2. The third-order valence-electron chi connectivity index (χ3n) is 3.01. The Kier molecular flexibility index (Phi) is 5.98. The normalized spacial score (nSPS) is 11.9. The second-order valence-corrected chi connectivity index (χ2v) is 7.56. The molecule has 0 aliphatic heterocycles. The number of aromatic amines is 1. The van der Waals surface area contributed by atoms with Crippen LogP contribution >= 0.6 is 11.3 Å². The van der Waals surface area contributed by atoms with Crippen LogP contribution in [0.25, 0.3) is 0 Å². The first-order valence-electron chi connectivity index (χ1n) is 7.02. The molecule has 5 nitrogen and oxygen atoms in total. The fourth-order valence-electron chi connectivity index (χ4n) is 1.92. The first-order valence-corrected chi connectivity index (χ1v) is 9.38. The van der Waals surface area contributed by atoms with Crippen LogP contribution < -0.4 is 10.0 Å². The number of thiophene rings is 1. The highest BCUT2D eigenvalue weighted by Gasteiger charge is 2.15. The Morgan fingerprint density at radius 1 is 1.33 bits per heavy atom. The number of aromatic nitrogens is 1. The highest BCUT2D eigenvalue weighted by Crippen LogP contribution is 2.12. The minimum Gasteiger partial charge on any atom is -0.363 e. The number of nitrogens with one attached hydrogen (secondary N) is 3. The molecule has 0 spiro atoms. The van der Waals surface area contributed by atoms with Gasteiger partial charge in [0, 0.05) is 29.9 Å². The summed E-state index contributed by atoms with van der Waals surface area (Å²) in [7, 11) is -3.43. The van der Waals surface area contributed by atoms with E-state index in [-0.39, 0.29) is 0 Å². The lowest BCUT2D eigenvalue weighted by Gasteiger charge is -2.03. The van der Waals surface area contributed by atoms with Gasteiger partial charge in [-0.15, -0.1) is 11.3 Å². The third-order valence-corrected chi connectivity index (χ3v) is 5.39. The zero-order chi connectivity index (χ0) is 15.1. The maximum atomic E-state index is 12.2. The van der Waals surface area contributed by atoms with Gasteiger partial charge >= 0.3 is 0 Å². The van der Waals surface area contributed by atoms with Crippen molar-refractivity contribution in [1.29, 1.82) is 0 Å². The molecule has 116 valence electrons. The first-order chi connectivity index (χ1) is 10.1. The SMILES string of the molecule is CCCNCc1cc(S(=O)(=O)NCCc2cccs2)c[nH]1. The molecule has 2 rings (SSSR count). The van der Waals surface area contributed by atoms with Crippen LogP contribution in [-0.4, -0.2) is 26.5 Å². The Bertz CT molecular complexity index is 633. The molecular formula is C14H21N3O2S2. The van der Waals surface area contributed by atoms with Crippen molar-refractivity contribution in [3.05, 3.63) is 40.3 Å². The molecule has 21 heavy (non-hydrogen) atoms. The monoisotopic (exact) mass is 327 g/mol. The smallest absolute Gasteiger partial charge is 0.242 e. The Morgan fingerprint density at radius 2 is 2.19 bits per heavy atom. The van der Waals surface area contributed by atoms with Crippen molar-refractivity contribution in [2.75, 3.05) is 13.1 Å². The molecule has 0 aliphatic rings. The number of hydrogen-bond donors (Lipinski definition) is 3. The summed E-state index contributed by atoms with van der Waals surface area (Å²) in [6, 6.07) is 5.65. The van der Waals surface area contributed by atoms with Gasteiger partial charge < -0.3 is 10.3 Å². The molecule has 0 radical (unpaired) electrons. The molecule has 0 aliphatic carbocycles. The van der Waals surface area contributed by atoms with E-state index in [9.17, 15) is 8.42 Å². The summed E-state index contributed by atoms with van der Waals surface area (Å²) >= 11 is 1.64. The molecule has 0 fully saturated rings. The van der Waals surface area contributed by atoms with Gasteiger partial charge in [0.05, 0.1) is 4.90 Å². The van der Waals surface area contributed by atoms with Crippen molar-refractivity contribution in [2.24, 2.45) is 0 Å². The topological polar surface area (TPSA) is 74.0 Å². The van der Waals surface area contributed by atoms with E-state index >= 15 is 0 Å². The largest absolute Gasteiger partial charge is 0.363 e. The number of hydrogen-bond acceptors (Lipinski definition) is 4. The Hall–Kier alpha value is -1.15. The van der Waals surface area contributed by atoms with Gasteiger partial charge in [-0.3, -0.25) is 0 Å². The quantitative estimate of drug-likeness (QED) is 0.618. The molecule has 0 bridgehead atoms. The second-order valence-electron chi connectivity index (χ2n) is 4.76. The van der Waals surface area contributed by atoms with Crippen molar-refractivity contribution in [1.82, 2.24) is 15.0 Å².